The number of para-hydroxylation sites is 6. The molecule has 4 heteroatoms. The molecule has 0 aliphatic heterocycles. The van der Waals surface area contributed by atoms with Crippen molar-refractivity contribution in [1.29, 1.82) is 0 Å². The van der Waals surface area contributed by atoms with E-state index in [-0.39, 0.29) is 0 Å². The van der Waals surface area contributed by atoms with Gasteiger partial charge < -0.3 is 13.7 Å². The SMILES string of the molecule is c1ccc([Si](c2ccccc2)(c2ccccc2)c2ccc(-n3c4ccccc4c4cc5c6ccccc6n(-c6ccccc6-c6ccccc6-n6c7ccccc7c7ccccc76)c5cc43)cc2)cc1. The highest BCUT2D eigenvalue weighted by atomic mass is 28.3. The van der Waals surface area contributed by atoms with E-state index in [4.69, 9.17) is 0 Å². The molecule has 0 aliphatic rings. The lowest BCUT2D eigenvalue weighted by Gasteiger charge is -2.34. The summed E-state index contributed by atoms with van der Waals surface area (Å²) in [6.07, 6.45) is 0. The van der Waals surface area contributed by atoms with Crippen molar-refractivity contribution in [3.63, 3.8) is 0 Å². The predicted octanol–water partition coefficient (Wildman–Crippen LogP) is 14.0. The van der Waals surface area contributed by atoms with E-state index in [2.05, 4.69) is 287 Å². The van der Waals surface area contributed by atoms with Crippen molar-refractivity contribution in [2.75, 3.05) is 0 Å². The molecule has 0 atom stereocenters. The minimum absolute atomic E-state index is 1.13. The first kappa shape index (κ1) is 40.1. The zero-order chi connectivity index (χ0) is 46.2. The maximum absolute atomic E-state index is 2.71. The van der Waals surface area contributed by atoms with E-state index in [1.54, 1.807) is 0 Å². The summed E-state index contributed by atoms with van der Waals surface area (Å²) in [4.78, 5) is 0. The highest BCUT2D eigenvalue weighted by molar-refractivity contribution is 7.19. The largest absolute Gasteiger partial charge is 0.309 e. The maximum atomic E-state index is 2.51. The molecule has 3 heterocycles. The van der Waals surface area contributed by atoms with Gasteiger partial charge in [0.05, 0.1) is 44.5 Å². The van der Waals surface area contributed by atoms with Crippen LogP contribution in [0.2, 0.25) is 0 Å². The number of hydrogen-bond donors (Lipinski definition) is 0. The van der Waals surface area contributed by atoms with Crippen molar-refractivity contribution in [3.8, 4) is 28.2 Å². The molecule has 3 nitrogen and oxygen atoms in total. The Morgan fingerprint density at radius 3 is 0.971 bits per heavy atom. The number of aromatic nitrogens is 3. The third kappa shape index (κ3) is 5.94. The molecule has 14 aromatic rings. The van der Waals surface area contributed by atoms with Gasteiger partial charge in [-0.25, -0.2) is 0 Å². The van der Waals surface area contributed by atoms with Gasteiger partial charge in [-0.2, -0.15) is 0 Å². The van der Waals surface area contributed by atoms with Crippen LogP contribution in [0.4, 0.5) is 0 Å². The third-order valence-corrected chi connectivity index (χ3v) is 19.6. The Bertz CT molecular complexity index is 4130. The summed E-state index contributed by atoms with van der Waals surface area (Å²) >= 11 is 0. The topological polar surface area (TPSA) is 14.8 Å². The van der Waals surface area contributed by atoms with Crippen LogP contribution in [-0.2, 0) is 0 Å². The minimum Gasteiger partial charge on any atom is -0.309 e. The second-order valence-corrected chi connectivity index (χ2v) is 22.2. The lowest BCUT2D eigenvalue weighted by Crippen LogP contribution is -2.74. The van der Waals surface area contributed by atoms with Crippen molar-refractivity contribution in [2.24, 2.45) is 0 Å². The molecule has 0 bridgehead atoms. The van der Waals surface area contributed by atoms with E-state index < -0.39 is 8.07 Å². The van der Waals surface area contributed by atoms with Gasteiger partial charge in [0, 0.05) is 49.1 Å². The van der Waals surface area contributed by atoms with Crippen LogP contribution in [0.15, 0.2) is 273 Å². The van der Waals surface area contributed by atoms with Gasteiger partial charge in [-0.3, -0.25) is 0 Å². The summed E-state index contributed by atoms with van der Waals surface area (Å²) in [5.41, 5.74) is 12.9. The van der Waals surface area contributed by atoms with Crippen LogP contribution >= 0.6 is 0 Å². The Morgan fingerprint density at radius 2 is 0.529 bits per heavy atom. The normalized spacial score (nSPS) is 12.0. The zero-order valence-corrected chi connectivity index (χ0v) is 39.3. The number of nitrogens with zero attached hydrogens (tertiary/aromatic N) is 3. The van der Waals surface area contributed by atoms with Gasteiger partial charge in [0.15, 0.2) is 8.07 Å². The molecule has 3 aromatic heterocycles. The van der Waals surface area contributed by atoms with Gasteiger partial charge >= 0.3 is 0 Å². The van der Waals surface area contributed by atoms with Crippen molar-refractivity contribution < 1.29 is 0 Å². The highest BCUT2D eigenvalue weighted by Crippen LogP contribution is 2.43. The van der Waals surface area contributed by atoms with E-state index in [9.17, 15) is 0 Å². The van der Waals surface area contributed by atoms with Crippen LogP contribution < -0.4 is 20.7 Å². The fraction of sp³-hybridized carbons (Fsp3) is 0. The first-order chi connectivity index (χ1) is 34.8. The first-order valence-corrected chi connectivity index (χ1v) is 26.2. The fourth-order valence-electron chi connectivity index (χ4n) is 11.9. The number of rotatable bonds is 8. The second-order valence-electron chi connectivity index (χ2n) is 18.4. The number of fused-ring (bicyclic) bond motifs is 9. The molecule has 0 saturated carbocycles. The van der Waals surface area contributed by atoms with Gasteiger partial charge in [-0.15, -0.1) is 0 Å². The molecule has 0 amide bonds. The molecule has 0 radical (unpaired) electrons. The number of benzene rings is 11. The standard InChI is InChI=1S/C66H45N3Si/c1-4-22-47(23-5-1)70(48-24-6-2-7-25-48,49-26-8-3-9-27-49)50-42-40-46(41-43-50)67-59-34-16-14-32-55(59)57-44-58-56-33-15-21-39-64(56)69(66(58)45-65(57)67)63-38-20-13-31-54(63)53-30-12-19-37-62(53)68-60-35-17-10-28-51(60)52-29-11-18-36-61(52)68/h1-45H. The summed E-state index contributed by atoms with van der Waals surface area (Å²) in [5.74, 6) is 0. The fourth-order valence-corrected chi connectivity index (χ4v) is 16.6. The highest BCUT2D eigenvalue weighted by Gasteiger charge is 2.41. The smallest absolute Gasteiger partial charge is 0.179 e. The van der Waals surface area contributed by atoms with E-state index in [1.165, 1.54) is 97.3 Å². The quantitative estimate of drug-likeness (QED) is 0.107. The molecular weight excluding hydrogens is 863 g/mol. The van der Waals surface area contributed by atoms with E-state index in [1.807, 2.05) is 0 Å². The van der Waals surface area contributed by atoms with Crippen molar-refractivity contribution in [2.45, 2.75) is 0 Å². The molecular formula is C66H45N3Si. The van der Waals surface area contributed by atoms with E-state index in [0.717, 1.165) is 17.1 Å². The lowest BCUT2D eigenvalue weighted by molar-refractivity contribution is 1.16. The second kappa shape index (κ2) is 16.1. The van der Waals surface area contributed by atoms with Crippen molar-refractivity contribution >= 4 is 94.2 Å². The molecule has 0 fully saturated rings. The van der Waals surface area contributed by atoms with E-state index >= 15 is 0 Å². The Morgan fingerprint density at radius 1 is 0.214 bits per heavy atom. The Balaban J connectivity index is 0.999. The van der Waals surface area contributed by atoms with Crippen LogP contribution in [-0.4, -0.2) is 21.8 Å². The van der Waals surface area contributed by atoms with Gasteiger partial charge in [-0.1, -0.05) is 212 Å². The monoisotopic (exact) mass is 907 g/mol. The Kier molecular flexibility index (Phi) is 9.23. The minimum atomic E-state index is -2.71. The van der Waals surface area contributed by atoms with Gasteiger partial charge in [0.1, 0.15) is 0 Å². The molecule has 70 heavy (non-hydrogen) atoms. The average Bonchev–Trinajstić information content (AvgIpc) is 4.07. The van der Waals surface area contributed by atoms with Crippen LogP contribution in [0.3, 0.4) is 0 Å². The van der Waals surface area contributed by atoms with Crippen LogP contribution in [0.1, 0.15) is 0 Å². The third-order valence-electron chi connectivity index (χ3n) is 14.8. The lowest BCUT2D eigenvalue weighted by atomic mass is 10.0. The Hall–Kier alpha value is -8.96. The van der Waals surface area contributed by atoms with Crippen molar-refractivity contribution in [3.05, 3.63) is 273 Å². The van der Waals surface area contributed by atoms with Gasteiger partial charge in [0.25, 0.3) is 0 Å². The zero-order valence-electron chi connectivity index (χ0n) is 38.3. The molecule has 0 N–H and O–H groups in total. The molecule has 328 valence electrons. The summed E-state index contributed by atoms with van der Waals surface area (Å²) in [7, 11) is -2.71. The maximum Gasteiger partial charge on any atom is 0.179 e. The predicted molar refractivity (Wildman–Crippen MR) is 299 cm³/mol. The summed E-state index contributed by atoms with van der Waals surface area (Å²) in [6, 6.07) is 101. The summed E-state index contributed by atoms with van der Waals surface area (Å²) < 4.78 is 7.44. The van der Waals surface area contributed by atoms with E-state index in [0.29, 0.717) is 0 Å². The summed E-state index contributed by atoms with van der Waals surface area (Å²) in [6.45, 7) is 0. The van der Waals surface area contributed by atoms with Gasteiger partial charge in [-0.05, 0) is 81.4 Å². The molecule has 0 aliphatic carbocycles. The number of hydrogen-bond acceptors (Lipinski definition) is 0. The van der Waals surface area contributed by atoms with Crippen LogP contribution in [0.5, 0.6) is 0 Å². The van der Waals surface area contributed by atoms with Gasteiger partial charge in [0.2, 0.25) is 0 Å². The summed E-state index contributed by atoms with van der Waals surface area (Å²) in [5, 5.41) is 12.9. The molecule has 0 saturated heterocycles. The molecule has 11 aromatic carbocycles. The average molecular weight is 908 g/mol. The van der Waals surface area contributed by atoms with Crippen molar-refractivity contribution in [1.82, 2.24) is 13.7 Å². The Labute approximate surface area is 407 Å². The van der Waals surface area contributed by atoms with Crippen LogP contribution in [0.25, 0.3) is 93.6 Å². The molecule has 0 spiro atoms. The first-order valence-electron chi connectivity index (χ1n) is 24.2. The van der Waals surface area contributed by atoms with Crippen LogP contribution in [0, 0.1) is 0 Å². The molecule has 0 unspecified atom stereocenters. The molecule has 14 rings (SSSR count).